The molecule has 12 heteroatoms. The number of anilines is 1. The van der Waals surface area contributed by atoms with Crippen LogP contribution in [0.4, 0.5) is 28.0 Å². The number of hydrogen-bond acceptors (Lipinski definition) is 3. The van der Waals surface area contributed by atoms with E-state index in [1.165, 1.54) is 18.2 Å². The zero-order chi connectivity index (χ0) is 21.1. The van der Waals surface area contributed by atoms with Gasteiger partial charge < -0.3 is 5.32 Å². The van der Waals surface area contributed by atoms with Gasteiger partial charge in [-0.05, 0) is 30.3 Å². The number of nitrogens with one attached hydrogen (secondary N) is 2. The molecule has 150 valence electrons. The molecule has 0 aliphatic heterocycles. The van der Waals surface area contributed by atoms with Crippen molar-refractivity contribution in [2.75, 3.05) is 5.32 Å². The number of imide groups is 1. The number of halogens is 6. The number of alkyl halides is 4. The molecule has 5 nitrogen and oxygen atoms in total. The molecule has 0 bridgehead atoms. The fourth-order valence-electron chi connectivity index (χ4n) is 1.93. The van der Waals surface area contributed by atoms with Gasteiger partial charge in [-0.2, -0.15) is 8.78 Å². The summed E-state index contributed by atoms with van der Waals surface area (Å²) in [6.45, 7) is 0. The van der Waals surface area contributed by atoms with Gasteiger partial charge in [-0.1, -0.05) is 35.3 Å². The first-order chi connectivity index (χ1) is 13.0. The lowest BCUT2D eigenvalue weighted by molar-refractivity contribution is -0.0602. The van der Waals surface area contributed by atoms with Crippen LogP contribution in [-0.2, 0) is 10.8 Å². The Bertz CT molecular complexity index is 944. The minimum absolute atomic E-state index is 0.00814. The molecule has 0 aliphatic carbocycles. The summed E-state index contributed by atoms with van der Waals surface area (Å²) in [6.07, 6.45) is -4.18. The second kappa shape index (κ2) is 8.89. The first kappa shape index (κ1) is 22.1. The van der Waals surface area contributed by atoms with Crippen molar-refractivity contribution in [3.63, 3.8) is 0 Å². The summed E-state index contributed by atoms with van der Waals surface area (Å²) in [4.78, 5) is 23.1. The van der Waals surface area contributed by atoms with Crippen molar-refractivity contribution >= 4 is 51.6 Å². The third-order valence-electron chi connectivity index (χ3n) is 3.24. The molecule has 1 unspecified atom stereocenters. The van der Waals surface area contributed by atoms with Crippen molar-refractivity contribution < 1.29 is 31.4 Å². The van der Waals surface area contributed by atoms with E-state index in [1.807, 2.05) is 5.32 Å². The Morgan fingerprint density at radius 3 is 2.29 bits per heavy atom. The molecule has 2 aromatic carbocycles. The minimum Gasteiger partial charge on any atom is -0.308 e. The molecule has 0 radical (unpaired) electrons. The highest BCUT2D eigenvalue weighted by atomic mass is 35.5. The maximum atomic E-state index is 13.3. The Hall–Kier alpha value is -2.17. The molecule has 0 aromatic heterocycles. The predicted molar refractivity (Wildman–Crippen MR) is 96.7 cm³/mol. The molecular weight excluding hydrogens is 447 g/mol. The number of benzene rings is 2. The molecular formula is C16H10Cl2F4N2O3S. The summed E-state index contributed by atoms with van der Waals surface area (Å²) in [5, 5.41) is -1.14. The van der Waals surface area contributed by atoms with E-state index in [9.17, 15) is 31.4 Å². The van der Waals surface area contributed by atoms with Gasteiger partial charge in [0.05, 0.1) is 20.5 Å². The lowest BCUT2D eigenvalue weighted by Gasteiger charge is -2.16. The molecule has 2 rings (SSSR count). The highest BCUT2D eigenvalue weighted by Crippen LogP contribution is 2.35. The van der Waals surface area contributed by atoms with E-state index in [2.05, 4.69) is 5.32 Å². The van der Waals surface area contributed by atoms with Crippen LogP contribution in [0.25, 0.3) is 0 Å². The summed E-state index contributed by atoms with van der Waals surface area (Å²) in [6, 6.07) is 7.69. The van der Waals surface area contributed by atoms with Gasteiger partial charge >= 0.3 is 17.7 Å². The molecule has 2 aromatic rings. The molecule has 0 spiro atoms. The second-order valence-electron chi connectivity index (χ2n) is 5.16. The summed E-state index contributed by atoms with van der Waals surface area (Å²) in [5.74, 6) is -0.843. The first-order valence-electron chi connectivity index (χ1n) is 7.28. The fourth-order valence-corrected chi connectivity index (χ4v) is 3.41. The summed E-state index contributed by atoms with van der Waals surface area (Å²) >= 11 is 11.5. The van der Waals surface area contributed by atoms with E-state index in [0.29, 0.717) is 0 Å². The minimum atomic E-state index is -4.84. The topological polar surface area (TPSA) is 75.3 Å². The summed E-state index contributed by atoms with van der Waals surface area (Å²) in [5.41, 5.74) is -0.198. The van der Waals surface area contributed by atoms with Crippen molar-refractivity contribution in [1.29, 1.82) is 0 Å². The van der Waals surface area contributed by atoms with Gasteiger partial charge in [0.1, 0.15) is 10.8 Å². The van der Waals surface area contributed by atoms with E-state index >= 15 is 0 Å². The molecule has 0 aliphatic rings. The lowest BCUT2D eigenvalue weighted by atomic mass is 10.2. The third kappa shape index (κ3) is 5.00. The van der Waals surface area contributed by atoms with Crippen molar-refractivity contribution in [1.82, 2.24) is 5.32 Å². The molecule has 0 saturated carbocycles. The van der Waals surface area contributed by atoms with Gasteiger partial charge in [-0.25, -0.2) is 17.8 Å². The van der Waals surface area contributed by atoms with Crippen LogP contribution in [-0.4, -0.2) is 27.8 Å². The van der Waals surface area contributed by atoms with E-state index in [1.54, 1.807) is 6.07 Å². The number of carbonyl (C=O) groups is 2. The van der Waals surface area contributed by atoms with Crippen LogP contribution >= 0.6 is 23.2 Å². The zero-order valence-corrected chi connectivity index (χ0v) is 15.8. The molecule has 28 heavy (non-hydrogen) atoms. The van der Waals surface area contributed by atoms with Crippen molar-refractivity contribution in [3.8, 4) is 0 Å². The van der Waals surface area contributed by atoms with Gasteiger partial charge in [-0.3, -0.25) is 10.1 Å². The Balaban J connectivity index is 2.17. The Morgan fingerprint density at radius 2 is 1.68 bits per heavy atom. The van der Waals surface area contributed by atoms with E-state index in [-0.39, 0.29) is 16.3 Å². The number of rotatable bonds is 5. The average molecular weight is 457 g/mol. The van der Waals surface area contributed by atoms with Crippen LogP contribution < -0.4 is 10.6 Å². The maximum absolute atomic E-state index is 13.3. The van der Waals surface area contributed by atoms with Gasteiger partial charge in [0.25, 0.3) is 5.91 Å². The number of amides is 3. The van der Waals surface area contributed by atoms with Crippen molar-refractivity contribution in [3.05, 3.63) is 58.1 Å². The van der Waals surface area contributed by atoms with Crippen LogP contribution in [0.3, 0.4) is 0 Å². The van der Waals surface area contributed by atoms with Crippen LogP contribution in [0.1, 0.15) is 10.4 Å². The van der Waals surface area contributed by atoms with Crippen LogP contribution in [0.15, 0.2) is 47.4 Å². The molecule has 1 atom stereocenters. The smallest absolute Gasteiger partial charge is 0.308 e. The molecule has 0 fully saturated rings. The number of carbonyl (C=O) groups excluding carboxylic acids is 2. The zero-order valence-electron chi connectivity index (χ0n) is 13.5. The highest BCUT2D eigenvalue weighted by Gasteiger charge is 2.48. The van der Waals surface area contributed by atoms with Gasteiger partial charge in [-0.15, -0.1) is 0 Å². The Kier molecular flexibility index (Phi) is 7.02. The first-order valence-corrected chi connectivity index (χ1v) is 9.19. The van der Waals surface area contributed by atoms with Crippen molar-refractivity contribution in [2.45, 2.75) is 16.6 Å². The van der Waals surface area contributed by atoms with Crippen LogP contribution in [0.2, 0.25) is 10.0 Å². The van der Waals surface area contributed by atoms with E-state index in [0.717, 1.165) is 18.2 Å². The summed E-state index contributed by atoms with van der Waals surface area (Å²) in [7, 11) is -3.48. The largest absolute Gasteiger partial charge is 0.384 e. The third-order valence-corrected chi connectivity index (χ3v) is 5.42. The SMILES string of the molecule is O=C(NC(=O)c1ccccc1Cl)Nc1ccc(Cl)c(S(=O)C(F)(F)C(F)F)c1. The summed E-state index contributed by atoms with van der Waals surface area (Å²) < 4.78 is 63.3. The van der Waals surface area contributed by atoms with Gasteiger partial charge in [0.15, 0.2) is 0 Å². The van der Waals surface area contributed by atoms with Gasteiger partial charge in [0, 0.05) is 5.69 Å². The lowest BCUT2D eigenvalue weighted by Crippen LogP contribution is -2.34. The second-order valence-corrected chi connectivity index (χ2v) is 7.50. The molecule has 2 N–H and O–H groups in total. The molecule has 0 heterocycles. The normalized spacial score (nSPS) is 12.5. The number of urea groups is 1. The molecule has 3 amide bonds. The fraction of sp³-hybridized carbons (Fsp3) is 0.125. The number of hydrogen-bond donors (Lipinski definition) is 2. The standard InChI is InChI=1S/C16H10Cl2F4N2O3S/c17-10-4-2-1-3-9(10)13(25)24-15(26)23-8-5-6-11(18)12(7-8)28(27)16(21,22)14(19)20/h1-7,14H,(H2,23,24,25,26). The predicted octanol–water partition coefficient (Wildman–Crippen LogP) is 4.92. The quantitative estimate of drug-likeness (QED) is 0.626. The monoisotopic (exact) mass is 456 g/mol. The van der Waals surface area contributed by atoms with Crippen LogP contribution in [0.5, 0.6) is 0 Å². The van der Waals surface area contributed by atoms with Gasteiger partial charge in [0.2, 0.25) is 0 Å². The van der Waals surface area contributed by atoms with E-state index < -0.39 is 44.3 Å². The van der Waals surface area contributed by atoms with Crippen LogP contribution in [0, 0.1) is 0 Å². The maximum Gasteiger partial charge on any atom is 0.384 e. The average Bonchev–Trinajstić information content (AvgIpc) is 2.62. The molecule has 0 saturated heterocycles. The Morgan fingerprint density at radius 1 is 1.04 bits per heavy atom. The Labute approximate surface area is 168 Å². The van der Waals surface area contributed by atoms with Crippen molar-refractivity contribution in [2.24, 2.45) is 0 Å². The highest BCUT2D eigenvalue weighted by molar-refractivity contribution is 7.86. The van der Waals surface area contributed by atoms with E-state index in [4.69, 9.17) is 23.2 Å².